The Bertz CT molecular complexity index is 595. The van der Waals surface area contributed by atoms with Crippen molar-refractivity contribution in [1.82, 2.24) is 15.0 Å². The van der Waals surface area contributed by atoms with Crippen molar-refractivity contribution in [1.29, 1.82) is 0 Å². The Morgan fingerprint density at radius 3 is 2.63 bits per heavy atom. The molecule has 100 valence electrons. The lowest BCUT2D eigenvalue weighted by atomic mass is 9.96. The average molecular weight is 295 g/mol. The number of nitrogens with two attached hydrogens (primary N) is 1. The van der Waals surface area contributed by atoms with Gasteiger partial charge in [0, 0.05) is 17.7 Å². The van der Waals surface area contributed by atoms with Gasteiger partial charge in [0.15, 0.2) is 0 Å². The second kappa shape index (κ2) is 5.35. The predicted octanol–water partition coefficient (Wildman–Crippen LogP) is 3.56. The van der Waals surface area contributed by atoms with E-state index in [1.807, 2.05) is 20.8 Å². The van der Waals surface area contributed by atoms with E-state index < -0.39 is 0 Å². The first kappa shape index (κ1) is 14.1. The van der Waals surface area contributed by atoms with Crippen molar-refractivity contribution in [2.45, 2.75) is 36.2 Å². The minimum atomic E-state index is -0.154. The summed E-state index contributed by atoms with van der Waals surface area (Å²) in [5, 5.41) is 2.06. The van der Waals surface area contributed by atoms with Gasteiger partial charge in [0.25, 0.3) is 0 Å². The number of nitrogen functional groups attached to an aromatic ring is 1. The third-order valence-electron chi connectivity index (χ3n) is 2.32. The summed E-state index contributed by atoms with van der Waals surface area (Å²) >= 11 is 7.47. The summed E-state index contributed by atoms with van der Waals surface area (Å²) in [6.45, 7) is 6.14. The molecule has 0 spiro atoms. The fourth-order valence-electron chi connectivity index (χ4n) is 1.38. The second-order valence-corrected chi connectivity index (χ2v) is 6.51. The van der Waals surface area contributed by atoms with Crippen LogP contribution in [0.25, 0.3) is 0 Å². The van der Waals surface area contributed by atoms with Crippen molar-refractivity contribution >= 4 is 29.2 Å². The molecule has 4 nitrogen and oxygen atoms in total. The molecule has 2 rings (SSSR count). The van der Waals surface area contributed by atoms with Gasteiger partial charge in [-0.2, -0.15) is 0 Å². The van der Waals surface area contributed by atoms with E-state index in [4.69, 9.17) is 17.3 Å². The molecular weight excluding hydrogens is 280 g/mol. The Kier molecular flexibility index (Phi) is 3.96. The third kappa shape index (κ3) is 3.58. The van der Waals surface area contributed by atoms with Crippen LogP contribution in [0.3, 0.4) is 0 Å². The maximum absolute atomic E-state index is 6.09. The Labute approximate surface area is 121 Å². The van der Waals surface area contributed by atoms with Crippen LogP contribution in [0.1, 0.15) is 26.6 Å². The molecule has 2 aromatic heterocycles. The number of aromatic nitrogens is 3. The molecular formula is C13H15ClN4S. The van der Waals surface area contributed by atoms with Crippen LogP contribution in [-0.4, -0.2) is 15.0 Å². The summed E-state index contributed by atoms with van der Waals surface area (Å²) in [5.41, 5.74) is 5.68. The van der Waals surface area contributed by atoms with E-state index in [2.05, 4.69) is 15.0 Å². The molecule has 19 heavy (non-hydrogen) atoms. The molecule has 0 aromatic carbocycles. The fraction of sp³-hybridized carbons (Fsp3) is 0.308. The lowest BCUT2D eigenvalue weighted by Gasteiger charge is -2.17. The van der Waals surface area contributed by atoms with Gasteiger partial charge in [-0.3, -0.25) is 0 Å². The van der Waals surface area contributed by atoms with Crippen molar-refractivity contribution in [3.05, 3.63) is 35.2 Å². The number of hydrogen-bond acceptors (Lipinski definition) is 5. The predicted molar refractivity (Wildman–Crippen MR) is 78.5 cm³/mol. The molecule has 0 amide bonds. The van der Waals surface area contributed by atoms with Gasteiger partial charge in [-0.1, -0.05) is 32.4 Å². The van der Waals surface area contributed by atoms with Gasteiger partial charge in [-0.05, 0) is 23.9 Å². The molecule has 0 radical (unpaired) electrons. The summed E-state index contributed by atoms with van der Waals surface area (Å²) in [6.07, 6.45) is 1.70. The zero-order valence-electron chi connectivity index (χ0n) is 11.0. The Balaban J connectivity index is 2.36. The third-order valence-corrected chi connectivity index (χ3v) is 3.67. The van der Waals surface area contributed by atoms with E-state index in [0.717, 1.165) is 5.03 Å². The van der Waals surface area contributed by atoms with Gasteiger partial charge in [0.1, 0.15) is 21.7 Å². The molecule has 0 unspecified atom stereocenters. The molecule has 2 N–H and O–H groups in total. The first-order valence-corrected chi connectivity index (χ1v) is 6.99. The van der Waals surface area contributed by atoms with Gasteiger partial charge in [-0.25, -0.2) is 15.0 Å². The van der Waals surface area contributed by atoms with Crippen molar-refractivity contribution < 1.29 is 0 Å². The summed E-state index contributed by atoms with van der Waals surface area (Å²) < 4.78 is 0. The number of pyridine rings is 1. The number of nitrogens with zero attached hydrogens (tertiary/aromatic N) is 3. The first-order valence-electron chi connectivity index (χ1n) is 5.79. The largest absolute Gasteiger partial charge is 0.384 e. The van der Waals surface area contributed by atoms with Crippen LogP contribution in [0, 0.1) is 0 Å². The van der Waals surface area contributed by atoms with Crippen LogP contribution in [0.4, 0.5) is 5.82 Å². The molecule has 0 fully saturated rings. The van der Waals surface area contributed by atoms with E-state index >= 15 is 0 Å². The monoisotopic (exact) mass is 294 g/mol. The van der Waals surface area contributed by atoms with E-state index in [0.29, 0.717) is 21.7 Å². The molecule has 0 saturated heterocycles. The summed E-state index contributed by atoms with van der Waals surface area (Å²) in [4.78, 5) is 13.0. The summed E-state index contributed by atoms with van der Waals surface area (Å²) in [5.74, 6) is 1.16. The summed E-state index contributed by atoms with van der Waals surface area (Å²) in [6, 6.07) is 5.32. The van der Waals surface area contributed by atoms with Crippen LogP contribution >= 0.6 is 23.4 Å². The summed E-state index contributed by atoms with van der Waals surface area (Å²) in [7, 11) is 0. The van der Waals surface area contributed by atoms with E-state index in [1.165, 1.54) is 11.8 Å². The highest BCUT2D eigenvalue weighted by Gasteiger charge is 2.19. The maximum Gasteiger partial charge on any atom is 0.137 e. The van der Waals surface area contributed by atoms with Crippen molar-refractivity contribution in [2.24, 2.45) is 0 Å². The number of hydrogen-bond donors (Lipinski definition) is 1. The molecule has 0 aliphatic rings. The van der Waals surface area contributed by atoms with Crippen LogP contribution in [0.2, 0.25) is 5.02 Å². The normalized spacial score (nSPS) is 11.6. The Morgan fingerprint density at radius 2 is 2.00 bits per heavy atom. The van der Waals surface area contributed by atoms with Crippen LogP contribution in [0.15, 0.2) is 34.4 Å². The van der Waals surface area contributed by atoms with Crippen molar-refractivity contribution in [3.8, 4) is 0 Å². The van der Waals surface area contributed by atoms with Crippen LogP contribution in [0.5, 0.6) is 0 Å². The standard InChI is InChI=1S/C13H15ClN4S/c1-13(2,3)12-17-9(15)7-10(18-12)19-11-8(14)5-4-6-16-11/h4-7H,1-3H3,(H2,15,17,18). The molecule has 0 aliphatic heterocycles. The molecule has 0 bridgehead atoms. The molecule has 6 heteroatoms. The van der Waals surface area contributed by atoms with Gasteiger partial charge in [0.2, 0.25) is 0 Å². The zero-order chi connectivity index (χ0) is 14.0. The van der Waals surface area contributed by atoms with E-state index in [1.54, 1.807) is 24.4 Å². The van der Waals surface area contributed by atoms with Crippen molar-refractivity contribution in [2.75, 3.05) is 5.73 Å². The number of rotatable bonds is 2. The number of anilines is 1. The lowest BCUT2D eigenvalue weighted by molar-refractivity contribution is 0.540. The minimum Gasteiger partial charge on any atom is -0.384 e. The Hall–Kier alpha value is -1.33. The van der Waals surface area contributed by atoms with Gasteiger partial charge >= 0.3 is 0 Å². The first-order chi connectivity index (χ1) is 8.86. The average Bonchev–Trinajstić information content (AvgIpc) is 2.30. The lowest BCUT2D eigenvalue weighted by Crippen LogP contribution is -2.17. The fourth-order valence-corrected chi connectivity index (χ4v) is 2.40. The van der Waals surface area contributed by atoms with Crippen LogP contribution < -0.4 is 5.73 Å². The smallest absolute Gasteiger partial charge is 0.137 e. The quantitative estimate of drug-likeness (QED) is 0.858. The Morgan fingerprint density at radius 1 is 1.26 bits per heavy atom. The molecule has 0 aliphatic carbocycles. The van der Waals surface area contributed by atoms with Gasteiger partial charge < -0.3 is 5.73 Å². The minimum absolute atomic E-state index is 0.154. The number of halogens is 1. The van der Waals surface area contributed by atoms with E-state index in [9.17, 15) is 0 Å². The highest BCUT2D eigenvalue weighted by atomic mass is 35.5. The van der Waals surface area contributed by atoms with Crippen molar-refractivity contribution in [3.63, 3.8) is 0 Å². The maximum atomic E-state index is 6.09. The molecule has 0 atom stereocenters. The molecule has 2 heterocycles. The zero-order valence-corrected chi connectivity index (χ0v) is 12.6. The van der Waals surface area contributed by atoms with E-state index in [-0.39, 0.29) is 5.41 Å². The second-order valence-electron chi connectivity index (χ2n) is 5.10. The highest BCUT2D eigenvalue weighted by Crippen LogP contribution is 2.31. The van der Waals surface area contributed by atoms with Gasteiger partial charge in [-0.15, -0.1) is 0 Å². The van der Waals surface area contributed by atoms with Gasteiger partial charge in [0.05, 0.1) is 5.02 Å². The highest BCUT2D eigenvalue weighted by molar-refractivity contribution is 7.99. The topological polar surface area (TPSA) is 64.7 Å². The van der Waals surface area contributed by atoms with Crippen LogP contribution in [-0.2, 0) is 5.41 Å². The SMILES string of the molecule is CC(C)(C)c1nc(N)cc(Sc2ncccc2Cl)n1. The molecule has 0 saturated carbocycles. The molecule has 2 aromatic rings.